The molecule has 4 rings (SSSR count). The number of rotatable bonds is 2. The second kappa shape index (κ2) is 6.29. The van der Waals surface area contributed by atoms with Crippen LogP contribution >= 0.6 is 0 Å². The molecular weight excluding hydrogens is 312 g/mol. The summed E-state index contributed by atoms with van der Waals surface area (Å²) in [7, 11) is 0. The van der Waals surface area contributed by atoms with Crippen molar-refractivity contribution in [2.75, 3.05) is 0 Å². The Morgan fingerprint density at radius 2 is 1.15 bits per heavy atom. The van der Waals surface area contributed by atoms with Crippen molar-refractivity contribution in [1.29, 1.82) is 0 Å². The van der Waals surface area contributed by atoms with Gasteiger partial charge in [0.25, 0.3) is 0 Å². The minimum absolute atomic E-state index is 0.186. The Kier molecular flexibility index (Phi) is 4.07. The Bertz CT molecular complexity index is 968. The molecule has 0 N–H and O–H groups in total. The van der Waals surface area contributed by atoms with E-state index in [0.29, 0.717) is 0 Å². The predicted octanol–water partition coefficient (Wildman–Crippen LogP) is 7.40. The van der Waals surface area contributed by atoms with Crippen LogP contribution in [0.15, 0.2) is 78.4 Å². The van der Waals surface area contributed by atoms with Gasteiger partial charge in [-0.25, -0.2) is 0 Å². The van der Waals surface area contributed by atoms with E-state index >= 15 is 0 Å². The molecule has 0 saturated carbocycles. The topological polar surface area (TPSA) is 0 Å². The average Bonchev–Trinajstić information content (AvgIpc) is 3.01. The fourth-order valence-electron chi connectivity index (χ4n) is 4.29. The zero-order chi connectivity index (χ0) is 18.3. The summed E-state index contributed by atoms with van der Waals surface area (Å²) in [5, 5.41) is 0. The predicted molar refractivity (Wildman–Crippen MR) is 113 cm³/mol. The molecule has 0 unspecified atom stereocenters. The van der Waals surface area contributed by atoms with Crippen LogP contribution in [-0.2, 0) is 6.42 Å². The smallest absolute Gasteiger partial charge is 0.00435 e. The molecule has 3 aromatic rings. The number of allylic oxidation sites excluding steroid dienone is 2. The van der Waals surface area contributed by atoms with Crippen LogP contribution in [0.3, 0.4) is 0 Å². The van der Waals surface area contributed by atoms with E-state index in [9.17, 15) is 0 Å². The van der Waals surface area contributed by atoms with Crippen LogP contribution in [0.25, 0.3) is 27.8 Å². The van der Waals surface area contributed by atoms with E-state index in [1.54, 1.807) is 5.57 Å². The SMILES string of the molecule is CC1=C(C(C)(C)C)Cc2c(-c3ccccc3)ccc(-c3ccccc3)c21. The van der Waals surface area contributed by atoms with E-state index in [-0.39, 0.29) is 5.41 Å². The highest BCUT2D eigenvalue weighted by molar-refractivity contribution is 5.92. The molecule has 130 valence electrons. The number of hydrogen-bond donors (Lipinski definition) is 0. The first kappa shape index (κ1) is 16.8. The summed E-state index contributed by atoms with van der Waals surface area (Å²) in [6.45, 7) is 9.32. The molecule has 0 heterocycles. The molecule has 0 aromatic heterocycles. The second-order valence-electron chi connectivity index (χ2n) is 8.28. The van der Waals surface area contributed by atoms with Gasteiger partial charge in [0.15, 0.2) is 0 Å². The lowest BCUT2D eigenvalue weighted by Crippen LogP contribution is -2.10. The zero-order valence-electron chi connectivity index (χ0n) is 16.1. The molecule has 1 aliphatic rings. The van der Waals surface area contributed by atoms with E-state index < -0.39 is 0 Å². The minimum Gasteiger partial charge on any atom is -0.0622 e. The number of hydrogen-bond acceptors (Lipinski definition) is 0. The highest BCUT2D eigenvalue weighted by Crippen LogP contribution is 2.48. The van der Waals surface area contributed by atoms with Gasteiger partial charge in [-0.1, -0.05) is 99.1 Å². The summed E-state index contributed by atoms with van der Waals surface area (Å²) in [5.41, 5.74) is 11.5. The van der Waals surface area contributed by atoms with E-state index in [2.05, 4.69) is 100 Å². The monoisotopic (exact) mass is 338 g/mol. The maximum Gasteiger partial charge on any atom is -0.00435 e. The average molecular weight is 338 g/mol. The van der Waals surface area contributed by atoms with Crippen molar-refractivity contribution < 1.29 is 0 Å². The van der Waals surface area contributed by atoms with Crippen molar-refractivity contribution in [3.63, 3.8) is 0 Å². The summed E-state index contributed by atoms with van der Waals surface area (Å²) in [5.74, 6) is 0. The highest BCUT2D eigenvalue weighted by Gasteiger charge is 2.30. The van der Waals surface area contributed by atoms with E-state index in [1.807, 2.05) is 0 Å². The first-order chi connectivity index (χ1) is 12.5. The van der Waals surface area contributed by atoms with Crippen molar-refractivity contribution >= 4 is 5.57 Å². The quantitative estimate of drug-likeness (QED) is 0.457. The molecule has 26 heavy (non-hydrogen) atoms. The first-order valence-electron chi connectivity index (χ1n) is 9.44. The van der Waals surface area contributed by atoms with Gasteiger partial charge >= 0.3 is 0 Å². The number of benzene rings is 3. The van der Waals surface area contributed by atoms with E-state index in [0.717, 1.165) is 6.42 Å². The van der Waals surface area contributed by atoms with Crippen molar-refractivity contribution in [3.8, 4) is 22.3 Å². The van der Waals surface area contributed by atoms with Crippen LogP contribution in [0.2, 0.25) is 0 Å². The standard InChI is InChI=1S/C26H26/c1-18-24(26(2,3)4)17-23-21(19-11-7-5-8-12-19)15-16-22(25(18)23)20-13-9-6-10-14-20/h5-16H,17H2,1-4H3. The fourth-order valence-corrected chi connectivity index (χ4v) is 4.29. The van der Waals surface area contributed by atoms with Gasteiger partial charge in [-0.15, -0.1) is 0 Å². The molecule has 0 bridgehead atoms. The summed E-state index contributed by atoms with van der Waals surface area (Å²) in [6.07, 6.45) is 1.05. The molecule has 0 nitrogen and oxygen atoms in total. The van der Waals surface area contributed by atoms with Crippen LogP contribution in [0, 0.1) is 5.41 Å². The van der Waals surface area contributed by atoms with Gasteiger partial charge < -0.3 is 0 Å². The third-order valence-electron chi connectivity index (χ3n) is 5.57. The normalized spacial score (nSPS) is 13.8. The molecule has 1 aliphatic carbocycles. The van der Waals surface area contributed by atoms with Gasteiger partial charge in [0.1, 0.15) is 0 Å². The summed E-state index contributed by atoms with van der Waals surface area (Å²) < 4.78 is 0. The highest BCUT2D eigenvalue weighted by atomic mass is 14.3. The number of fused-ring (bicyclic) bond motifs is 1. The molecule has 0 atom stereocenters. The molecule has 0 aliphatic heterocycles. The van der Waals surface area contributed by atoms with Crippen LogP contribution in [-0.4, -0.2) is 0 Å². The molecule has 0 fully saturated rings. The third kappa shape index (κ3) is 2.80. The fraction of sp³-hybridized carbons (Fsp3) is 0.231. The minimum atomic E-state index is 0.186. The third-order valence-corrected chi connectivity index (χ3v) is 5.57. The molecule has 3 aromatic carbocycles. The molecule has 0 radical (unpaired) electrons. The van der Waals surface area contributed by atoms with Gasteiger partial charge in [0, 0.05) is 0 Å². The first-order valence-corrected chi connectivity index (χ1v) is 9.44. The van der Waals surface area contributed by atoms with Crippen molar-refractivity contribution in [2.45, 2.75) is 34.1 Å². The molecule has 0 heteroatoms. The lowest BCUT2D eigenvalue weighted by Gasteiger charge is -2.22. The Labute approximate surface area is 157 Å². The van der Waals surface area contributed by atoms with Crippen LogP contribution in [0.5, 0.6) is 0 Å². The van der Waals surface area contributed by atoms with Gasteiger partial charge in [0.05, 0.1) is 0 Å². The van der Waals surface area contributed by atoms with Gasteiger partial charge in [-0.05, 0) is 57.7 Å². The Morgan fingerprint density at radius 1 is 0.654 bits per heavy atom. The molecule has 0 amide bonds. The maximum atomic E-state index is 2.34. The largest absolute Gasteiger partial charge is 0.0622 e. The van der Waals surface area contributed by atoms with Crippen molar-refractivity contribution in [1.82, 2.24) is 0 Å². The summed E-state index contributed by atoms with van der Waals surface area (Å²) in [4.78, 5) is 0. The van der Waals surface area contributed by atoms with Gasteiger partial charge in [-0.3, -0.25) is 0 Å². The van der Waals surface area contributed by atoms with E-state index in [4.69, 9.17) is 0 Å². The zero-order valence-corrected chi connectivity index (χ0v) is 16.1. The van der Waals surface area contributed by atoms with Crippen LogP contribution < -0.4 is 0 Å². The maximum absolute atomic E-state index is 2.34. The lowest BCUT2D eigenvalue weighted by atomic mass is 9.83. The molecule has 0 saturated heterocycles. The Morgan fingerprint density at radius 3 is 1.69 bits per heavy atom. The molecular formula is C26H26. The second-order valence-corrected chi connectivity index (χ2v) is 8.28. The Hall–Kier alpha value is -2.60. The lowest BCUT2D eigenvalue weighted by molar-refractivity contribution is 0.497. The molecule has 0 spiro atoms. The van der Waals surface area contributed by atoms with Crippen molar-refractivity contribution in [3.05, 3.63) is 89.5 Å². The van der Waals surface area contributed by atoms with Crippen molar-refractivity contribution in [2.24, 2.45) is 5.41 Å². The summed E-state index contributed by atoms with van der Waals surface area (Å²) in [6, 6.07) is 26.2. The van der Waals surface area contributed by atoms with Crippen LogP contribution in [0.1, 0.15) is 38.8 Å². The van der Waals surface area contributed by atoms with E-state index in [1.165, 1.54) is 39.0 Å². The summed E-state index contributed by atoms with van der Waals surface area (Å²) >= 11 is 0. The van der Waals surface area contributed by atoms with Gasteiger partial charge in [0.2, 0.25) is 0 Å². The van der Waals surface area contributed by atoms with Crippen LogP contribution in [0.4, 0.5) is 0 Å². The van der Waals surface area contributed by atoms with Gasteiger partial charge in [-0.2, -0.15) is 0 Å². The Balaban J connectivity index is 1.98.